The van der Waals surface area contributed by atoms with Gasteiger partial charge in [0, 0.05) is 13.1 Å². The van der Waals surface area contributed by atoms with Crippen LogP contribution in [0.15, 0.2) is 30.3 Å². The first-order chi connectivity index (χ1) is 9.08. The highest BCUT2D eigenvalue weighted by Gasteiger charge is 2.30. The van der Waals surface area contributed by atoms with Crippen LogP contribution in [0.3, 0.4) is 0 Å². The molecule has 0 aromatic heterocycles. The number of hydrogen-bond donors (Lipinski definition) is 1. The number of benzene rings is 1. The molecule has 2 atom stereocenters. The molecule has 104 valence electrons. The SMILES string of the molecule is CC(C)C1CCN(C(=O)[C@@H](N)Cc2ccccc2)C1. The maximum atomic E-state index is 12.3. The van der Waals surface area contributed by atoms with Gasteiger partial charge in [0.25, 0.3) is 0 Å². The van der Waals surface area contributed by atoms with Crippen LogP contribution in [-0.4, -0.2) is 29.9 Å². The van der Waals surface area contributed by atoms with Crippen molar-refractivity contribution in [2.75, 3.05) is 13.1 Å². The summed E-state index contributed by atoms with van der Waals surface area (Å²) in [6.45, 7) is 6.19. The Kier molecular flexibility index (Phi) is 4.59. The fraction of sp³-hybridized carbons (Fsp3) is 0.562. The lowest BCUT2D eigenvalue weighted by Gasteiger charge is -2.22. The minimum Gasteiger partial charge on any atom is -0.341 e. The molecule has 0 radical (unpaired) electrons. The van der Waals surface area contributed by atoms with Gasteiger partial charge in [0.1, 0.15) is 0 Å². The average Bonchev–Trinajstić information content (AvgIpc) is 2.88. The molecule has 1 aromatic rings. The van der Waals surface area contributed by atoms with Crippen molar-refractivity contribution in [3.8, 4) is 0 Å². The molecule has 0 aliphatic carbocycles. The fourth-order valence-corrected chi connectivity index (χ4v) is 2.72. The van der Waals surface area contributed by atoms with Crippen molar-refractivity contribution < 1.29 is 4.79 Å². The lowest BCUT2D eigenvalue weighted by atomic mass is 9.95. The minimum atomic E-state index is -0.409. The molecule has 19 heavy (non-hydrogen) atoms. The molecule has 1 amide bonds. The maximum Gasteiger partial charge on any atom is 0.239 e. The number of carbonyl (C=O) groups is 1. The molecule has 3 heteroatoms. The molecule has 0 spiro atoms. The maximum absolute atomic E-state index is 12.3. The minimum absolute atomic E-state index is 0.104. The molecule has 1 heterocycles. The number of nitrogens with zero attached hydrogens (tertiary/aromatic N) is 1. The van der Waals surface area contributed by atoms with Crippen molar-refractivity contribution in [1.29, 1.82) is 0 Å². The quantitative estimate of drug-likeness (QED) is 0.900. The Hall–Kier alpha value is -1.35. The zero-order chi connectivity index (χ0) is 13.8. The van der Waals surface area contributed by atoms with Crippen LogP contribution in [0.5, 0.6) is 0 Å². The summed E-state index contributed by atoms with van der Waals surface area (Å²) >= 11 is 0. The zero-order valence-electron chi connectivity index (χ0n) is 11.9. The third kappa shape index (κ3) is 3.57. The summed E-state index contributed by atoms with van der Waals surface area (Å²) in [5, 5.41) is 0. The summed E-state index contributed by atoms with van der Waals surface area (Å²) in [4.78, 5) is 14.3. The second-order valence-electron chi connectivity index (χ2n) is 5.87. The van der Waals surface area contributed by atoms with E-state index in [1.165, 1.54) is 0 Å². The number of amides is 1. The van der Waals surface area contributed by atoms with Gasteiger partial charge >= 0.3 is 0 Å². The van der Waals surface area contributed by atoms with Crippen molar-refractivity contribution in [3.63, 3.8) is 0 Å². The largest absolute Gasteiger partial charge is 0.341 e. The van der Waals surface area contributed by atoms with Crippen LogP contribution in [0.1, 0.15) is 25.8 Å². The molecule has 1 saturated heterocycles. The number of hydrogen-bond acceptors (Lipinski definition) is 2. The summed E-state index contributed by atoms with van der Waals surface area (Å²) in [6.07, 6.45) is 1.74. The molecule has 1 aliphatic rings. The summed E-state index contributed by atoms with van der Waals surface area (Å²) in [5.74, 6) is 1.38. The highest BCUT2D eigenvalue weighted by molar-refractivity contribution is 5.82. The first-order valence-electron chi connectivity index (χ1n) is 7.16. The average molecular weight is 260 g/mol. The van der Waals surface area contributed by atoms with E-state index in [1.54, 1.807) is 0 Å². The van der Waals surface area contributed by atoms with Crippen LogP contribution in [0.25, 0.3) is 0 Å². The van der Waals surface area contributed by atoms with E-state index >= 15 is 0 Å². The Morgan fingerprint density at radius 2 is 2.05 bits per heavy atom. The molecule has 1 fully saturated rings. The van der Waals surface area contributed by atoms with Crippen molar-refractivity contribution >= 4 is 5.91 Å². The molecule has 3 nitrogen and oxygen atoms in total. The van der Waals surface area contributed by atoms with Crippen molar-refractivity contribution in [2.45, 2.75) is 32.7 Å². The molecule has 2 N–H and O–H groups in total. The zero-order valence-corrected chi connectivity index (χ0v) is 11.9. The van der Waals surface area contributed by atoms with Gasteiger partial charge in [-0.2, -0.15) is 0 Å². The molecule has 0 bridgehead atoms. The number of carbonyl (C=O) groups excluding carboxylic acids is 1. The molecule has 1 aliphatic heterocycles. The second-order valence-corrected chi connectivity index (χ2v) is 5.87. The smallest absolute Gasteiger partial charge is 0.239 e. The standard InChI is InChI=1S/C16H24N2O/c1-12(2)14-8-9-18(11-14)16(19)15(17)10-13-6-4-3-5-7-13/h3-7,12,14-15H,8-11,17H2,1-2H3/t14?,15-/m0/s1. The van der Waals surface area contributed by atoms with Crippen LogP contribution in [0, 0.1) is 11.8 Å². The Morgan fingerprint density at radius 1 is 1.37 bits per heavy atom. The van der Waals surface area contributed by atoms with E-state index in [1.807, 2.05) is 35.2 Å². The van der Waals surface area contributed by atoms with Gasteiger partial charge in [0.2, 0.25) is 5.91 Å². The predicted octanol–water partition coefficient (Wildman–Crippen LogP) is 2.06. The Morgan fingerprint density at radius 3 is 2.63 bits per heavy atom. The summed E-state index contributed by atoms with van der Waals surface area (Å²) < 4.78 is 0. The van der Waals surface area contributed by atoms with E-state index in [4.69, 9.17) is 5.73 Å². The van der Waals surface area contributed by atoms with Gasteiger partial charge in [0.15, 0.2) is 0 Å². The van der Waals surface area contributed by atoms with Gasteiger partial charge < -0.3 is 10.6 Å². The summed E-state index contributed by atoms with van der Waals surface area (Å²) in [7, 11) is 0. The van der Waals surface area contributed by atoms with Crippen LogP contribution in [0.2, 0.25) is 0 Å². The first-order valence-corrected chi connectivity index (χ1v) is 7.16. The van der Waals surface area contributed by atoms with Crippen LogP contribution in [-0.2, 0) is 11.2 Å². The van der Waals surface area contributed by atoms with Crippen molar-refractivity contribution in [1.82, 2.24) is 4.90 Å². The Bertz CT molecular complexity index is 416. The van der Waals surface area contributed by atoms with Crippen LogP contribution >= 0.6 is 0 Å². The Balaban J connectivity index is 1.90. The van der Waals surface area contributed by atoms with Crippen LogP contribution in [0.4, 0.5) is 0 Å². The molecule has 1 unspecified atom stereocenters. The van der Waals surface area contributed by atoms with E-state index < -0.39 is 6.04 Å². The summed E-state index contributed by atoms with van der Waals surface area (Å²) in [6, 6.07) is 9.58. The Labute approximate surface area is 115 Å². The van der Waals surface area contributed by atoms with Gasteiger partial charge in [-0.3, -0.25) is 4.79 Å². The topological polar surface area (TPSA) is 46.3 Å². The van der Waals surface area contributed by atoms with Crippen molar-refractivity contribution in [2.24, 2.45) is 17.6 Å². The highest BCUT2D eigenvalue weighted by atomic mass is 16.2. The summed E-state index contributed by atoms with van der Waals surface area (Å²) in [5.41, 5.74) is 7.19. The second kappa shape index (κ2) is 6.20. The van der Waals surface area contributed by atoms with Gasteiger partial charge in [0.05, 0.1) is 6.04 Å². The molecular formula is C16H24N2O. The molecule has 0 saturated carbocycles. The monoisotopic (exact) mass is 260 g/mol. The normalized spacial score (nSPS) is 20.8. The van der Waals surface area contributed by atoms with E-state index in [-0.39, 0.29) is 5.91 Å². The number of likely N-dealkylation sites (tertiary alicyclic amines) is 1. The van der Waals surface area contributed by atoms with Gasteiger partial charge in [-0.15, -0.1) is 0 Å². The van der Waals surface area contributed by atoms with Crippen molar-refractivity contribution in [3.05, 3.63) is 35.9 Å². The first kappa shape index (κ1) is 14.1. The van der Waals surface area contributed by atoms with Gasteiger partial charge in [-0.25, -0.2) is 0 Å². The predicted molar refractivity (Wildman–Crippen MR) is 77.6 cm³/mol. The van der Waals surface area contributed by atoms with Gasteiger partial charge in [-0.05, 0) is 30.2 Å². The highest BCUT2D eigenvalue weighted by Crippen LogP contribution is 2.24. The van der Waals surface area contributed by atoms with E-state index in [2.05, 4.69) is 13.8 Å². The number of rotatable bonds is 4. The van der Waals surface area contributed by atoms with E-state index in [0.29, 0.717) is 18.3 Å². The molecular weight excluding hydrogens is 236 g/mol. The van der Waals surface area contributed by atoms with E-state index in [0.717, 1.165) is 25.1 Å². The van der Waals surface area contributed by atoms with Gasteiger partial charge in [-0.1, -0.05) is 44.2 Å². The molecule has 2 rings (SSSR count). The third-order valence-corrected chi connectivity index (χ3v) is 4.09. The fourth-order valence-electron chi connectivity index (χ4n) is 2.72. The third-order valence-electron chi connectivity index (χ3n) is 4.09. The van der Waals surface area contributed by atoms with E-state index in [9.17, 15) is 4.79 Å². The van der Waals surface area contributed by atoms with Crippen LogP contribution < -0.4 is 5.73 Å². The lowest BCUT2D eigenvalue weighted by molar-refractivity contribution is -0.131. The molecule has 1 aromatic carbocycles. The lowest BCUT2D eigenvalue weighted by Crippen LogP contribution is -2.44. The number of nitrogens with two attached hydrogens (primary N) is 1.